The number of nitrogens with one attached hydrogen (secondary N) is 1. The standard InChI is InChI=1S/C19H32N2/c1-16-14-17(15-20-19(2,3)4)10-11-18(16)21-12-8-6-5-7-9-13-21/h10-11,14,20H,5-9,12-13,15H2,1-4H3. The number of anilines is 1. The summed E-state index contributed by atoms with van der Waals surface area (Å²) < 4.78 is 0. The molecule has 0 bridgehead atoms. The predicted molar refractivity (Wildman–Crippen MR) is 93.1 cm³/mol. The number of benzene rings is 1. The van der Waals surface area contributed by atoms with E-state index in [1.807, 2.05) is 0 Å². The van der Waals surface area contributed by atoms with Crippen LogP contribution in [0.3, 0.4) is 0 Å². The number of hydrogen-bond donors (Lipinski definition) is 1. The number of rotatable bonds is 3. The molecule has 0 aromatic heterocycles. The lowest BCUT2D eigenvalue weighted by Gasteiger charge is -2.29. The van der Waals surface area contributed by atoms with Gasteiger partial charge >= 0.3 is 0 Å². The molecule has 21 heavy (non-hydrogen) atoms. The summed E-state index contributed by atoms with van der Waals surface area (Å²) in [5, 5.41) is 3.57. The fourth-order valence-electron chi connectivity index (χ4n) is 3.04. The smallest absolute Gasteiger partial charge is 0.0396 e. The maximum Gasteiger partial charge on any atom is 0.0396 e. The molecule has 0 radical (unpaired) electrons. The van der Waals surface area contributed by atoms with Gasteiger partial charge in [-0.25, -0.2) is 0 Å². The van der Waals surface area contributed by atoms with E-state index < -0.39 is 0 Å². The zero-order valence-electron chi connectivity index (χ0n) is 14.3. The summed E-state index contributed by atoms with van der Waals surface area (Å²) in [5.74, 6) is 0. The Morgan fingerprint density at radius 2 is 1.62 bits per heavy atom. The highest BCUT2D eigenvalue weighted by atomic mass is 15.1. The summed E-state index contributed by atoms with van der Waals surface area (Å²) in [6.45, 7) is 12.3. The van der Waals surface area contributed by atoms with Gasteiger partial charge in [0.2, 0.25) is 0 Å². The van der Waals surface area contributed by atoms with Gasteiger partial charge in [-0.3, -0.25) is 0 Å². The highest BCUT2D eigenvalue weighted by Crippen LogP contribution is 2.24. The van der Waals surface area contributed by atoms with Crippen molar-refractivity contribution in [2.75, 3.05) is 18.0 Å². The summed E-state index contributed by atoms with van der Waals surface area (Å²) in [7, 11) is 0. The third-order valence-corrected chi connectivity index (χ3v) is 4.28. The van der Waals surface area contributed by atoms with Gasteiger partial charge < -0.3 is 10.2 Å². The fourth-order valence-corrected chi connectivity index (χ4v) is 3.04. The average molecular weight is 288 g/mol. The highest BCUT2D eigenvalue weighted by Gasteiger charge is 2.13. The van der Waals surface area contributed by atoms with E-state index in [4.69, 9.17) is 0 Å². The normalized spacial score (nSPS) is 17.4. The van der Waals surface area contributed by atoms with Crippen molar-refractivity contribution in [3.05, 3.63) is 29.3 Å². The molecule has 0 unspecified atom stereocenters. The molecule has 0 amide bonds. The first-order chi connectivity index (χ1) is 9.96. The first-order valence-corrected chi connectivity index (χ1v) is 8.55. The van der Waals surface area contributed by atoms with Gasteiger partial charge in [-0.15, -0.1) is 0 Å². The van der Waals surface area contributed by atoms with Gasteiger partial charge in [-0.1, -0.05) is 31.4 Å². The molecule has 2 nitrogen and oxygen atoms in total. The van der Waals surface area contributed by atoms with Crippen LogP contribution in [0.15, 0.2) is 18.2 Å². The van der Waals surface area contributed by atoms with Gasteiger partial charge in [0.1, 0.15) is 0 Å². The van der Waals surface area contributed by atoms with E-state index in [1.165, 1.54) is 62.0 Å². The van der Waals surface area contributed by atoms with Crippen molar-refractivity contribution in [3.8, 4) is 0 Å². The first kappa shape index (κ1) is 16.4. The van der Waals surface area contributed by atoms with Crippen LogP contribution in [0.5, 0.6) is 0 Å². The average Bonchev–Trinajstić information content (AvgIpc) is 2.36. The quantitative estimate of drug-likeness (QED) is 0.870. The molecule has 1 aromatic carbocycles. The second-order valence-electron chi connectivity index (χ2n) is 7.48. The van der Waals surface area contributed by atoms with E-state index in [9.17, 15) is 0 Å². The number of nitrogens with zero attached hydrogens (tertiary/aromatic N) is 1. The van der Waals surface area contributed by atoms with E-state index >= 15 is 0 Å². The largest absolute Gasteiger partial charge is 0.371 e. The third-order valence-electron chi connectivity index (χ3n) is 4.28. The van der Waals surface area contributed by atoms with Gasteiger partial charge in [-0.05, 0) is 57.7 Å². The van der Waals surface area contributed by atoms with Crippen molar-refractivity contribution in [1.82, 2.24) is 5.32 Å². The maximum atomic E-state index is 3.57. The van der Waals surface area contributed by atoms with Crippen molar-refractivity contribution in [1.29, 1.82) is 0 Å². The van der Waals surface area contributed by atoms with Gasteiger partial charge in [-0.2, -0.15) is 0 Å². The molecule has 1 aliphatic heterocycles. The minimum atomic E-state index is 0.176. The Labute approximate surface area is 130 Å². The zero-order valence-corrected chi connectivity index (χ0v) is 14.3. The lowest BCUT2D eigenvalue weighted by atomic mass is 10.0. The SMILES string of the molecule is Cc1cc(CNC(C)(C)C)ccc1N1CCCCCCC1. The molecule has 1 saturated heterocycles. The van der Waals surface area contributed by atoms with Gasteiger partial charge in [0.05, 0.1) is 0 Å². The second-order valence-corrected chi connectivity index (χ2v) is 7.48. The molecule has 0 saturated carbocycles. The van der Waals surface area contributed by atoms with Crippen LogP contribution in [-0.2, 0) is 6.54 Å². The van der Waals surface area contributed by atoms with Crippen LogP contribution < -0.4 is 10.2 Å². The van der Waals surface area contributed by atoms with E-state index in [2.05, 4.69) is 56.1 Å². The topological polar surface area (TPSA) is 15.3 Å². The van der Waals surface area contributed by atoms with Crippen LogP contribution in [-0.4, -0.2) is 18.6 Å². The van der Waals surface area contributed by atoms with Crippen LogP contribution >= 0.6 is 0 Å². The Hall–Kier alpha value is -1.02. The summed E-state index contributed by atoms with van der Waals surface area (Å²) in [4.78, 5) is 2.59. The molecular weight excluding hydrogens is 256 g/mol. The molecule has 2 rings (SSSR count). The van der Waals surface area contributed by atoms with Gasteiger partial charge in [0.15, 0.2) is 0 Å². The molecule has 0 atom stereocenters. The molecule has 0 aliphatic carbocycles. The Kier molecular flexibility index (Phi) is 5.69. The molecule has 1 aliphatic rings. The first-order valence-electron chi connectivity index (χ1n) is 8.55. The summed E-state index contributed by atoms with van der Waals surface area (Å²) in [5.41, 5.74) is 4.42. The number of hydrogen-bond acceptors (Lipinski definition) is 2. The Bertz CT molecular complexity index is 437. The van der Waals surface area contributed by atoms with Crippen molar-refractivity contribution in [2.45, 2.75) is 71.9 Å². The summed E-state index contributed by atoms with van der Waals surface area (Å²) in [6.07, 6.45) is 6.88. The Morgan fingerprint density at radius 1 is 1.00 bits per heavy atom. The van der Waals surface area contributed by atoms with E-state index in [-0.39, 0.29) is 5.54 Å². The van der Waals surface area contributed by atoms with Gasteiger partial charge in [0.25, 0.3) is 0 Å². The third kappa shape index (κ3) is 5.35. The lowest BCUT2D eigenvalue weighted by molar-refractivity contribution is 0.424. The minimum Gasteiger partial charge on any atom is -0.371 e. The van der Waals surface area contributed by atoms with Crippen molar-refractivity contribution in [2.24, 2.45) is 0 Å². The van der Waals surface area contributed by atoms with Crippen molar-refractivity contribution >= 4 is 5.69 Å². The van der Waals surface area contributed by atoms with Crippen LogP contribution in [0.25, 0.3) is 0 Å². The van der Waals surface area contributed by atoms with Crippen LogP contribution in [0.1, 0.15) is 64.0 Å². The summed E-state index contributed by atoms with van der Waals surface area (Å²) in [6, 6.07) is 6.98. The molecule has 1 heterocycles. The van der Waals surface area contributed by atoms with Crippen molar-refractivity contribution < 1.29 is 0 Å². The molecular formula is C19H32N2. The van der Waals surface area contributed by atoms with Crippen molar-refractivity contribution in [3.63, 3.8) is 0 Å². The maximum absolute atomic E-state index is 3.57. The molecule has 2 heteroatoms. The monoisotopic (exact) mass is 288 g/mol. The Balaban J connectivity index is 2.03. The molecule has 0 spiro atoms. The van der Waals surface area contributed by atoms with E-state index in [1.54, 1.807) is 0 Å². The minimum absolute atomic E-state index is 0.176. The Morgan fingerprint density at radius 3 is 2.19 bits per heavy atom. The molecule has 118 valence electrons. The second kappa shape index (κ2) is 7.31. The molecule has 1 aromatic rings. The fraction of sp³-hybridized carbons (Fsp3) is 0.684. The van der Waals surface area contributed by atoms with Crippen LogP contribution in [0.4, 0.5) is 5.69 Å². The highest BCUT2D eigenvalue weighted by molar-refractivity contribution is 5.54. The molecule has 1 N–H and O–H groups in total. The predicted octanol–water partition coefficient (Wildman–Crippen LogP) is 4.65. The van der Waals surface area contributed by atoms with Gasteiger partial charge in [0, 0.05) is 30.9 Å². The molecule has 1 fully saturated rings. The van der Waals surface area contributed by atoms with Crippen LogP contribution in [0.2, 0.25) is 0 Å². The zero-order chi connectivity index (χ0) is 15.3. The van der Waals surface area contributed by atoms with E-state index in [0.717, 1.165) is 6.54 Å². The number of aryl methyl sites for hydroxylation is 1. The van der Waals surface area contributed by atoms with Crippen LogP contribution in [0, 0.1) is 6.92 Å². The summed E-state index contributed by atoms with van der Waals surface area (Å²) >= 11 is 0. The van der Waals surface area contributed by atoms with E-state index in [0.29, 0.717) is 0 Å². The lowest BCUT2D eigenvalue weighted by Crippen LogP contribution is -2.35.